The highest BCUT2D eigenvalue weighted by Crippen LogP contribution is 2.37. The highest BCUT2D eigenvalue weighted by molar-refractivity contribution is 5.94. The normalized spacial score (nSPS) is 19.0. The van der Waals surface area contributed by atoms with E-state index in [1.807, 2.05) is 36.1 Å². The minimum absolute atomic E-state index is 0. The molecule has 134 valence electrons. The van der Waals surface area contributed by atoms with Crippen LogP contribution in [-0.2, 0) is 0 Å². The molecule has 7 heteroatoms. The predicted octanol–water partition coefficient (Wildman–Crippen LogP) is 2.42. The van der Waals surface area contributed by atoms with E-state index < -0.39 is 0 Å². The van der Waals surface area contributed by atoms with Gasteiger partial charge in [-0.25, -0.2) is 4.98 Å². The van der Waals surface area contributed by atoms with Crippen molar-refractivity contribution in [2.24, 2.45) is 5.41 Å². The second kappa shape index (κ2) is 7.14. The summed E-state index contributed by atoms with van der Waals surface area (Å²) in [6.07, 6.45) is 3.47. The molecule has 0 radical (unpaired) electrons. The maximum atomic E-state index is 12.7. The van der Waals surface area contributed by atoms with Crippen LogP contribution in [0.3, 0.4) is 0 Å². The van der Waals surface area contributed by atoms with Gasteiger partial charge in [-0.2, -0.15) is 5.10 Å². The van der Waals surface area contributed by atoms with E-state index in [1.54, 1.807) is 0 Å². The molecule has 0 unspecified atom stereocenters. The van der Waals surface area contributed by atoms with Crippen molar-refractivity contribution in [3.8, 4) is 11.4 Å². The average Bonchev–Trinajstić information content (AvgIpc) is 3.25. The highest BCUT2D eigenvalue weighted by Gasteiger charge is 2.38. The number of aromatic amines is 1. The van der Waals surface area contributed by atoms with Crippen molar-refractivity contribution < 1.29 is 4.79 Å². The standard InChI is InChI=1S/C18H23N5O.ClH/c1-13-20-16(22-21-13)14-2-4-15(5-3-14)17(24)23-10-7-18(8-11-23)6-9-19-12-18;/h2-5,19H,6-12H2,1H3,(H,20,21,22);1H. The summed E-state index contributed by atoms with van der Waals surface area (Å²) >= 11 is 0. The number of piperidine rings is 1. The van der Waals surface area contributed by atoms with Gasteiger partial charge in [-0.05, 0) is 50.3 Å². The minimum Gasteiger partial charge on any atom is -0.339 e. The number of amides is 1. The summed E-state index contributed by atoms with van der Waals surface area (Å²) in [5.41, 5.74) is 2.10. The number of rotatable bonds is 2. The summed E-state index contributed by atoms with van der Waals surface area (Å²) in [4.78, 5) is 19.0. The number of nitrogens with one attached hydrogen (secondary N) is 2. The zero-order chi connectivity index (χ0) is 16.6. The fraction of sp³-hybridized carbons (Fsp3) is 0.500. The fourth-order valence-electron chi connectivity index (χ4n) is 3.82. The van der Waals surface area contributed by atoms with Crippen LogP contribution in [0.15, 0.2) is 24.3 Å². The van der Waals surface area contributed by atoms with E-state index in [1.165, 1.54) is 6.42 Å². The Balaban J connectivity index is 0.00000182. The molecule has 1 amide bonds. The van der Waals surface area contributed by atoms with Crippen LogP contribution in [0.25, 0.3) is 11.4 Å². The molecule has 4 rings (SSSR count). The number of likely N-dealkylation sites (tertiary alicyclic amines) is 1. The fourth-order valence-corrected chi connectivity index (χ4v) is 3.82. The van der Waals surface area contributed by atoms with Crippen LogP contribution < -0.4 is 5.32 Å². The quantitative estimate of drug-likeness (QED) is 0.861. The predicted molar refractivity (Wildman–Crippen MR) is 98.9 cm³/mol. The van der Waals surface area contributed by atoms with Crippen molar-refractivity contribution in [2.45, 2.75) is 26.2 Å². The Morgan fingerprint density at radius 1 is 1.16 bits per heavy atom. The molecule has 1 aromatic heterocycles. The minimum atomic E-state index is 0. The van der Waals surface area contributed by atoms with Crippen molar-refractivity contribution in [1.29, 1.82) is 0 Å². The average molecular weight is 362 g/mol. The SMILES string of the molecule is Cc1nc(-c2ccc(C(=O)N3CCC4(CCNC4)CC3)cc2)n[nH]1.Cl. The molecule has 2 saturated heterocycles. The number of H-pyrrole nitrogens is 1. The lowest BCUT2D eigenvalue weighted by Gasteiger charge is -2.38. The van der Waals surface area contributed by atoms with Crippen LogP contribution in [-0.4, -0.2) is 52.2 Å². The molecule has 0 bridgehead atoms. The molecule has 2 fully saturated rings. The van der Waals surface area contributed by atoms with Crippen molar-refractivity contribution >= 4 is 18.3 Å². The number of carbonyl (C=O) groups is 1. The van der Waals surface area contributed by atoms with Gasteiger partial charge in [-0.3, -0.25) is 9.89 Å². The van der Waals surface area contributed by atoms with Gasteiger partial charge in [0.15, 0.2) is 5.82 Å². The summed E-state index contributed by atoms with van der Waals surface area (Å²) < 4.78 is 0. The van der Waals surface area contributed by atoms with E-state index in [9.17, 15) is 4.79 Å². The number of benzene rings is 1. The van der Waals surface area contributed by atoms with Crippen molar-refractivity contribution in [3.63, 3.8) is 0 Å². The molecular formula is C18H24ClN5O. The third-order valence-corrected chi connectivity index (χ3v) is 5.43. The Bertz CT molecular complexity index is 726. The largest absolute Gasteiger partial charge is 0.339 e. The zero-order valence-electron chi connectivity index (χ0n) is 14.4. The monoisotopic (exact) mass is 361 g/mol. The van der Waals surface area contributed by atoms with E-state index in [-0.39, 0.29) is 18.3 Å². The van der Waals surface area contributed by atoms with Gasteiger partial charge < -0.3 is 10.2 Å². The molecule has 0 saturated carbocycles. The van der Waals surface area contributed by atoms with Gasteiger partial charge in [0.05, 0.1) is 0 Å². The number of hydrogen-bond acceptors (Lipinski definition) is 4. The molecular weight excluding hydrogens is 338 g/mol. The molecule has 2 aliphatic heterocycles. The van der Waals surface area contributed by atoms with Crippen LogP contribution in [0.1, 0.15) is 35.4 Å². The summed E-state index contributed by atoms with van der Waals surface area (Å²) in [5, 5.41) is 10.5. The van der Waals surface area contributed by atoms with E-state index in [0.29, 0.717) is 11.2 Å². The molecule has 1 aromatic carbocycles. The Hall–Kier alpha value is -1.92. The number of halogens is 1. The molecule has 25 heavy (non-hydrogen) atoms. The van der Waals surface area contributed by atoms with E-state index >= 15 is 0 Å². The van der Waals surface area contributed by atoms with Crippen molar-refractivity contribution in [1.82, 2.24) is 25.4 Å². The molecule has 2 N–H and O–H groups in total. The molecule has 2 aliphatic rings. The van der Waals surface area contributed by atoms with Gasteiger partial charge in [0.2, 0.25) is 0 Å². The first-order chi connectivity index (χ1) is 11.7. The van der Waals surface area contributed by atoms with Crippen molar-refractivity contribution in [2.75, 3.05) is 26.2 Å². The first-order valence-corrected chi connectivity index (χ1v) is 8.65. The van der Waals surface area contributed by atoms with E-state index in [2.05, 4.69) is 20.5 Å². The second-order valence-corrected chi connectivity index (χ2v) is 7.04. The van der Waals surface area contributed by atoms with E-state index in [0.717, 1.165) is 56.0 Å². The van der Waals surface area contributed by atoms with Gasteiger partial charge in [0.1, 0.15) is 5.82 Å². The van der Waals surface area contributed by atoms with Gasteiger partial charge in [0.25, 0.3) is 5.91 Å². The summed E-state index contributed by atoms with van der Waals surface area (Å²) in [6.45, 7) is 5.83. The Morgan fingerprint density at radius 3 is 2.44 bits per heavy atom. The summed E-state index contributed by atoms with van der Waals surface area (Å²) in [5.74, 6) is 1.59. The molecule has 2 aromatic rings. The Kier molecular flexibility index (Phi) is 5.11. The number of aryl methyl sites for hydroxylation is 1. The van der Waals surface area contributed by atoms with Gasteiger partial charge in [0, 0.05) is 30.8 Å². The smallest absolute Gasteiger partial charge is 0.253 e. The number of nitrogens with zero attached hydrogens (tertiary/aromatic N) is 3. The number of hydrogen-bond donors (Lipinski definition) is 2. The lowest BCUT2D eigenvalue weighted by molar-refractivity contribution is 0.0607. The number of aromatic nitrogens is 3. The molecule has 0 aliphatic carbocycles. The number of carbonyl (C=O) groups excluding carboxylic acids is 1. The highest BCUT2D eigenvalue weighted by atomic mass is 35.5. The first-order valence-electron chi connectivity index (χ1n) is 8.65. The van der Waals surface area contributed by atoms with Crippen LogP contribution in [0.4, 0.5) is 0 Å². The van der Waals surface area contributed by atoms with Crippen LogP contribution >= 0.6 is 12.4 Å². The third kappa shape index (κ3) is 3.55. The Labute approximate surface area is 153 Å². The second-order valence-electron chi connectivity index (χ2n) is 7.04. The van der Waals surface area contributed by atoms with Gasteiger partial charge in [-0.1, -0.05) is 12.1 Å². The van der Waals surface area contributed by atoms with Gasteiger partial charge >= 0.3 is 0 Å². The topological polar surface area (TPSA) is 73.9 Å². The van der Waals surface area contributed by atoms with Gasteiger partial charge in [-0.15, -0.1) is 12.4 Å². The Morgan fingerprint density at radius 2 is 1.88 bits per heavy atom. The first kappa shape index (κ1) is 17.9. The molecule has 1 spiro atoms. The van der Waals surface area contributed by atoms with Crippen LogP contribution in [0.2, 0.25) is 0 Å². The van der Waals surface area contributed by atoms with E-state index in [4.69, 9.17) is 0 Å². The van der Waals surface area contributed by atoms with Crippen LogP contribution in [0.5, 0.6) is 0 Å². The zero-order valence-corrected chi connectivity index (χ0v) is 15.2. The maximum absolute atomic E-state index is 12.7. The lowest BCUT2D eigenvalue weighted by atomic mass is 9.78. The summed E-state index contributed by atoms with van der Waals surface area (Å²) in [7, 11) is 0. The summed E-state index contributed by atoms with van der Waals surface area (Å²) in [6, 6.07) is 7.60. The van der Waals surface area contributed by atoms with Crippen LogP contribution in [0, 0.1) is 12.3 Å². The lowest BCUT2D eigenvalue weighted by Crippen LogP contribution is -2.44. The molecule has 3 heterocycles. The molecule has 0 atom stereocenters. The maximum Gasteiger partial charge on any atom is 0.253 e. The molecule has 6 nitrogen and oxygen atoms in total. The van der Waals surface area contributed by atoms with Crippen molar-refractivity contribution in [3.05, 3.63) is 35.7 Å². The third-order valence-electron chi connectivity index (χ3n) is 5.43.